The molecule has 0 aromatic rings. The summed E-state index contributed by atoms with van der Waals surface area (Å²) in [5.74, 6) is 2.24. The molecule has 0 rings (SSSR count). The van der Waals surface area contributed by atoms with Crippen LogP contribution in [0, 0.1) is 0 Å². The minimum atomic E-state index is 0. The van der Waals surface area contributed by atoms with Gasteiger partial charge < -0.3 is 10.6 Å². The van der Waals surface area contributed by atoms with Crippen molar-refractivity contribution in [3.8, 4) is 0 Å². The van der Waals surface area contributed by atoms with Crippen LogP contribution in [0.15, 0.2) is 4.99 Å². The summed E-state index contributed by atoms with van der Waals surface area (Å²) in [6, 6.07) is 0. The molecule has 19 heavy (non-hydrogen) atoms. The number of guanidine groups is 1. The van der Waals surface area contributed by atoms with E-state index in [1.54, 1.807) is 0 Å². The number of unbranched alkanes of at least 4 members (excludes halogenated alkanes) is 4. The normalized spacial score (nSPS) is 11.0. The number of hydrogen-bond donors (Lipinski definition) is 2. The molecular formula is C14H32IN3S. The number of hydrogen-bond acceptors (Lipinski definition) is 2. The molecule has 0 saturated carbocycles. The summed E-state index contributed by atoms with van der Waals surface area (Å²) in [6.45, 7) is 7.26. The van der Waals surface area contributed by atoms with Crippen molar-refractivity contribution in [1.29, 1.82) is 0 Å². The lowest BCUT2D eigenvalue weighted by Crippen LogP contribution is -2.37. The van der Waals surface area contributed by atoms with E-state index < -0.39 is 0 Å². The van der Waals surface area contributed by atoms with E-state index in [1.807, 2.05) is 11.8 Å². The van der Waals surface area contributed by atoms with Crippen LogP contribution in [0.25, 0.3) is 0 Å². The molecule has 2 N–H and O–H groups in total. The highest BCUT2D eigenvalue weighted by Crippen LogP contribution is 1.99. The molecule has 0 spiro atoms. The van der Waals surface area contributed by atoms with E-state index in [0.29, 0.717) is 0 Å². The van der Waals surface area contributed by atoms with Crippen LogP contribution in [0.2, 0.25) is 0 Å². The Morgan fingerprint density at radius 2 is 1.79 bits per heavy atom. The van der Waals surface area contributed by atoms with Gasteiger partial charge in [0.2, 0.25) is 0 Å². The lowest BCUT2D eigenvalue weighted by molar-refractivity contribution is 0.668. The Bertz CT molecular complexity index is 201. The lowest BCUT2D eigenvalue weighted by atomic mass is 10.2. The van der Waals surface area contributed by atoms with Crippen molar-refractivity contribution in [2.75, 3.05) is 31.6 Å². The Morgan fingerprint density at radius 1 is 1.00 bits per heavy atom. The molecule has 0 atom stereocenters. The molecule has 0 heterocycles. The first kappa shape index (κ1) is 21.6. The zero-order chi connectivity index (χ0) is 13.5. The van der Waals surface area contributed by atoms with Crippen LogP contribution in [-0.4, -0.2) is 37.6 Å². The van der Waals surface area contributed by atoms with Crippen LogP contribution in [0.5, 0.6) is 0 Å². The van der Waals surface area contributed by atoms with E-state index in [4.69, 9.17) is 0 Å². The Kier molecular flexibility index (Phi) is 20.9. The second kappa shape index (κ2) is 18.4. The van der Waals surface area contributed by atoms with Gasteiger partial charge in [0.25, 0.3) is 0 Å². The average molecular weight is 401 g/mol. The first-order chi connectivity index (χ1) is 8.85. The van der Waals surface area contributed by atoms with Gasteiger partial charge in [0.05, 0.1) is 0 Å². The first-order valence-electron chi connectivity index (χ1n) is 7.36. The molecule has 3 nitrogen and oxygen atoms in total. The molecule has 0 fully saturated rings. The van der Waals surface area contributed by atoms with Gasteiger partial charge >= 0.3 is 0 Å². The molecule has 0 aliphatic heterocycles. The minimum absolute atomic E-state index is 0. The average Bonchev–Trinajstić information content (AvgIpc) is 2.38. The highest BCUT2D eigenvalue weighted by Gasteiger charge is 1.96. The van der Waals surface area contributed by atoms with E-state index in [0.717, 1.165) is 25.6 Å². The molecule has 0 saturated heterocycles. The fourth-order valence-corrected chi connectivity index (χ4v) is 2.14. The molecule has 5 heteroatoms. The standard InChI is InChI=1S/C14H31N3S.HI/c1-4-6-7-8-11-16-14(15-5-2)17-12-9-10-13-18-3;/h4-13H2,1-3H3,(H2,15,16,17);1H. The van der Waals surface area contributed by atoms with Gasteiger partial charge in [-0.1, -0.05) is 26.2 Å². The predicted molar refractivity (Wildman–Crippen MR) is 101 cm³/mol. The smallest absolute Gasteiger partial charge is 0.191 e. The molecule has 0 unspecified atom stereocenters. The Labute approximate surface area is 141 Å². The van der Waals surface area contributed by atoms with E-state index in [-0.39, 0.29) is 24.0 Å². The number of halogens is 1. The highest BCUT2D eigenvalue weighted by molar-refractivity contribution is 14.0. The number of nitrogens with one attached hydrogen (secondary N) is 2. The highest BCUT2D eigenvalue weighted by atomic mass is 127. The summed E-state index contributed by atoms with van der Waals surface area (Å²) in [5.41, 5.74) is 0. The van der Waals surface area contributed by atoms with Gasteiger partial charge in [0.1, 0.15) is 0 Å². The zero-order valence-electron chi connectivity index (χ0n) is 12.8. The predicted octanol–water partition coefficient (Wildman–Crippen LogP) is 3.88. The molecule has 0 aromatic heterocycles. The van der Waals surface area contributed by atoms with Crippen LogP contribution in [0.3, 0.4) is 0 Å². The van der Waals surface area contributed by atoms with E-state index in [9.17, 15) is 0 Å². The molecular weight excluding hydrogens is 369 g/mol. The maximum atomic E-state index is 4.59. The summed E-state index contributed by atoms with van der Waals surface area (Å²) in [4.78, 5) is 4.59. The van der Waals surface area contributed by atoms with Crippen molar-refractivity contribution in [2.24, 2.45) is 4.99 Å². The van der Waals surface area contributed by atoms with Crippen molar-refractivity contribution < 1.29 is 0 Å². The zero-order valence-corrected chi connectivity index (χ0v) is 16.0. The molecule has 0 aliphatic carbocycles. The largest absolute Gasteiger partial charge is 0.357 e. The Hall–Kier alpha value is 0.350. The number of thioether (sulfide) groups is 1. The summed E-state index contributed by atoms with van der Waals surface area (Å²) in [7, 11) is 0. The fourth-order valence-electron chi connectivity index (χ4n) is 1.65. The van der Waals surface area contributed by atoms with Gasteiger partial charge in [-0.25, -0.2) is 0 Å². The van der Waals surface area contributed by atoms with E-state index >= 15 is 0 Å². The third-order valence-electron chi connectivity index (χ3n) is 2.69. The first-order valence-corrected chi connectivity index (χ1v) is 8.75. The maximum Gasteiger partial charge on any atom is 0.191 e. The van der Waals surface area contributed by atoms with Gasteiger partial charge in [-0.15, -0.1) is 24.0 Å². The molecule has 0 aromatic carbocycles. The topological polar surface area (TPSA) is 36.4 Å². The molecule has 0 aliphatic rings. The summed E-state index contributed by atoms with van der Waals surface area (Å²) >= 11 is 1.92. The number of nitrogens with zero attached hydrogens (tertiary/aromatic N) is 1. The van der Waals surface area contributed by atoms with Gasteiger partial charge in [0.15, 0.2) is 5.96 Å². The third kappa shape index (κ3) is 16.3. The van der Waals surface area contributed by atoms with Crippen molar-refractivity contribution in [3.63, 3.8) is 0 Å². The Morgan fingerprint density at radius 3 is 2.42 bits per heavy atom. The van der Waals surface area contributed by atoms with Crippen LogP contribution in [0.1, 0.15) is 52.4 Å². The molecule has 0 amide bonds. The van der Waals surface area contributed by atoms with Gasteiger partial charge in [-0.05, 0) is 38.2 Å². The molecule has 0 radical (unpaired) electrons. The van der Waals surface area contributed by atoms with Gasteiger partial charge in [0, 0.05) is 19.6 Å². The second-order valence-electron chi connectivity index (χ2n) is 4.45. The molecule has 116 valence electrons. The molecule has 0 bridgehead atoms. The summed E-state index contributed by atoms with van der Waals surface area (Å²) < 4.78 is 0. The summed E-state index contributed by atoms with van der Waals surface area (Å²) in [5, 5.41) is 6.70. The van der Waals surface area contributed by atoms with Gasteiger partial charge in [-0.2, -0.15) is 11.8 Å². The van der Waals surface area contributed by atoms with Gasteiger partial charge in [-0.3, -0.25) is 4.99 Å². The Balaban J connectivity index is 0. The van der Waals surface area contributed by atoms with Crippen LogP contribution in [-0.2, 0) is 0 Å². The fraction of sp³-hybridized carbons (Fsp3) is 0.929. The van der Waals surface area contributed by atoms with Crippen molar-refractivity contribution in [3.05, 3.63) is 0 Å². The third-order valence-corrected chi connectivity index (χ3v) is 3.39. The van der Waals surface area contributed by atoms with Crippen LogP contribution < -0.4 is 10.6 Å². The summed E-state index contributed by atoms with van der Waals surface area (Å²) in [6.07, 6.45) is 9.79. The van der Waals surface area contributed by atoms with Crippen LogP contribution >= 0.6 is 35.7 Å². The second-order valence-corrected chi connectivity index (χ2v) is 5.43. The van der Waals surface area contributed by atoms with Crippen molar-refractivity contribution in [1.82, 2.24) is 10.6 Å². The maximum absolute atomic E-state index is 4.59. The lowest BCUT2D eigenvalue weighted by Gasteiger charge is -2.11. The monoisotopic (exact) mass is 401 g/mol. The van der Waals surface area contributed by atoms with Crippen LogP contribution in [0.4, 0.5) is 0 Å². The SMILES string of the molecule is CCCCCCN=C(NCC)NCCCCSC.I. The number of rotatable bonds is 11. The quantitative estimate of drug-likeness (QED) is 0.239. The minimum Gasteiger partial charge on any atom is -0.357 e. The van der Waals surface area contributed by atoms with Crippen molar-refractivity contribution >= 4 is 41.7 Å². The van der Waals surface area contributed by atoms with Crippen molar-refractivity contribution in [2.45, 2.75) is 52.4 Å². The van der Waals surface area contributed by atoms with E-state index in [2.05, 4.69) is 35.7 Å². The number of aliphatic imine (C=N–C) groups is 1. The van der Waals surface area contributed by atoms with E-state index in [1.165, 1.54) is 44.3 Å².